The van der Waals surface area contributed by atoms with E-state index in [4.69, 9.17) is 16.9 Å². The lowest BCUT2D eigenvalue weighted by molar-refractivity contribution is -0.0500. The highest BCUT2D eigenvalue weighted by Gasteiger charge is 2.11. The number of pyridine rings is 1. The van der Waals surface area contributed by atoms with Crippen LogP contribution in [0.2, 0.25) is 5.02 Å². The minimum absolute atomic E-state index is 0.00171. The van der Waals surface area contributed by atoms with Crippen molar-refractivity contribution in [2.75, 3.05) is 0 Å². The van der Waals surface area contributed by atoms with Crippen molar-refractivity contribution >= 4 is 11.6 Å². The van der Waals surface area contributed by atoms with Crippen LogP contribution in [0.3, 0.4) is 0 Å². The molecule has 0 amide bonds. The molecule has 74 valence electrons. The topological polar surface area (TPSA) is 45.9 Å². The fourth-order valence-corrected chi connectivity index (χ4v) is 1.06. The number of rotatable bonds is 3. The molecule has 0 saturated carbocycles. The molecular formula is C8H5ClF2N2O. The number of aromatic nitrogens is 1. The summed E-state index contributed by atoms with van der Waals surface area (Å²) in [7, 11) is 0. The summed E-state index contributed by atoms with van der Waals surface area (Å²) >= 11 is 5.68. The summed E-state index contributed by atoms with van der Waals surface area (Å²) in [4.78, 5) is 3.62. The van der Waals surface area contributed by atoms with Crippen molar-refractivity contribution in [3.05, 3.63) is 23.0 Å². The molecule has 1 aromatic heterocycles. The summed E-state index contributed by atoms with van der Waals surface area (Å²) < 4.78 is 27.8. The largest absolute Gasteiger partial charge is 0.432 e. The maximum absolute atomic E-state index is 11.8. The van der Waals surface area contributed by atoms with Crippen molar-refractivity contribution in [1.82, 2.24) is 4.98 Å². The first kappa shape index (κ1) is 10.7. The van der Waals surface area contributed by atoms with Gasteiger partial charge in [-0.05, 0) is 0 Å². The van der Waals surface area contributed by atoms with E-state index in [1.54, 1.807) is 0 Å². The van der Waals surface area contributed by atoms with Gasteiger partial charge in [0.15, 0.2) is 5.75 Å². The van der Waals surface area contributed by atoms with E-state index in [1.807, 2.05) is 6.07 Å². The standard InChI is InChI=1S/C8H5ClF2N2O/c9-7-5(1-2-12)3-13-4-6(7)14-8(10)11/h3-4,8H,1H2. The average molecular weight is 219 g/mol. The molecule has 3 nitrogen and oxygen atoms in total. The van der Waals surface area contributed by atoms with E-state index in [9.17, 15) is 8.78 Å². The molecule has 14 heavy (non-hydrogen) atoms. The van der Waals surface area contributed by atoms with Gasteiger partial charge in [-0.1, -0.05) is 11.6 Å². The van der Waals surface area contributed by atoms with Gasteiger partial charge in [-0.15, -0.1) is 0 Å². The van der Waals surface area contributed by atoms with Gasteiger partial charge < -0.3 is 4.74 Å². The summed E-state index contributed by atoms with van der Waals surface area (Å²) in [6.07, 6.45) is 2.42. The Hall–Kier alpha value is -1.41. The highest BCUT2D eigenvalue weighted by Crippen LogP contribution is 2.28. The van der Waals surface area contributed by atoms with Gasteiger partial charge in [-0.3, -0.25) is 4.98 Å². The lowest BCUT2D eigenvalue weighted by atomic mass is 10.2. The molecule has 0 radical (unpaired) electrons. The van der Waals surface area contributed by atoms with Crippen LogP contribution in [0.25, 0.3) is 0 Å². The van der Waals surface area contributed by atoms with Crippen LogP contribution in [0.5, 0.6) is 5.75 Å². The Bertz CT molecular complexity index is 365. The fourth-order valence-electron chi connectivity index (χ4n) is 0.853. The van der Waals surface area contributed by atoms with Crippen LogP contribution in [0, 0.1) is 11.3 Å². The molecule has 0 saturated heterocycles. The first-order valence-electron chi connectivity index (χ1n) is 3.59. The first-order chi connectivity index (χ1) is 6.65. The molecule has 1 aromatic rings. The van der Waals surface area contributed by atoms with E-state index in [1.165, 1.54) is 6.20 Å². The smallest absolute Gasteiger partial charge is 0.387 e. The molecule has 0 unspecified atom stereocenters. The van der Waals surface area contributed by atoms with Crippen LogP contribution in [0.1, 0.15) is 5.56 Å². The Morgan fingerprint density at radius 1 is 1.57 bits per heavy atom. The first-order valence-corrected chi connectivity index (χ1v) is 3.97. The Morgan fingerprint density at radius 3 is 2.86 bits per heavy atom. The van der Waals surface area contributed by atoms with Gasteiger partial charge in [0.1, 0.15) is 0 Å². The Labute approximate surface area is 83.9 Å². The Kier molecular flexibility index (Phi) is 3.60. The van der Waals surface area contributed by atoms with Gasteiger partial charge in [0.2, 0.25) is 0 Å². The molecule has 0 spiro atoms. The van der Waals surface area contributed by atoms with Crippen molar-refractivity contribution in [1.29, 1.82) is 5.26 Å². The van der Waals surface area contributed by atoms with Gasteiger partial charge in [0.05, 0.1) is 23.7 Å². The van der Waals surface area contributed by atoms with Crippen molar-refractivity contribution in [2.45, 2.75) is 13.0 Å². The van der Waals surface area contributed by atoms with Gasteiger partial charge in [-0.25, -0.2) is 0 Å². The predicted octanol–water partition coefficient (Wildman–Crippen LogP) is 2.40. The summed E-state index contributed by atoms with van der Waals surface area (Å²) in [5.74, 6) is -0.214. The highest BCUT2D eigenvalue weighted by molar-refractivity contribution is 6.32. The fraction of sp³-hybridized carbons (Fsp3) is 0.250. The summed E-state index contributed by atoms with van der Waals surface area (Å²) in [5.41, 5.74) is 0.368. The van der Waals surface area contributed by atoms with E-state index in [0.717, 1.165) is 6.20 Å². The minimum Gasteiger partial charge on any atom is -0.432 e. The zero-order valence-corrected chi connectivity index (χ0v) is 7.63. The SMILES string of the molecule is N#CCc1cncc(OC(F)F)c1Cl. The number of halogens is 3. The van der Waals surface area contributed by atoms with E-state index in [-0.39, 0.29) is 17.2 Å². The highest BCUT2D eigenvalue weighted by atomic mass is 35.5. The maximum Gasteiger partial charge on any atom is 0.387 e. The summed E-state index contributed by atoms with van der Waals surface area (Å²) in [6, 6.07) is 1.84. The van der Waals surface area contributed by atoms with Gasteiger partial charge in [0.25, 0.3) is 0 Å². The zero-order chi connectivity index (χ0) is 10.6. The van der Waals surface area contributed by atoms with Crippen LogP contribution >= 0.6 is 11.6 Å². The van der Waals surface area contributed by atoms with Crippen LogP contribution < -0.4 is 4.74 Å². The monoisotopic (exact) mass is 218 g/mol. The molecule has 0 aliphatic rings. The molecule has 0 aromatic carbocycles. The zero-order valence-electron chi connectivity index (χ0n) is 6.88. The number of hydrogen-bond acceptors (Lipinski definition) is 3. The van der Waals surface area contributed by atoms with Crippen molar-refractivity contribution < 1.29 is 13.5 Å². The Morgan fingerprint density at radius 2 is 2.29 bits per heavy atom. The second kappa shape index (κ2) is 4.72. The third-order valence-electron chi connectivity index (χ3n) is 1.41. The van der Waals surface area contributed by atoms with Crippen molar-refractivity contribution in [3.8, 4) is 11.8 Å². The van der Waals surface area contributed by atoms with Gasteiger partial charge in [-0.2, -0.15) is 14.0 Å². The molecule has 1 heterocycles. The van der Waals surface area contributed by atoms with Crippen LogP contribution in [-0.4, -0.2) is 11.6 Å². The minimum atomic E-state index is -2.95. The lowest BCUT2D eigenvalue weighted by Gasteiger charge is -2.07. The van der Waals surface area contributed by atoms with Crippen molar-refractivity contribution in [2.24, 2.45) is 0 Å². The van der Waals surface area contributed by atoms with Crippen LogP contribution in [0.4, 0.5) is 8.78 Å². The van der Waals surface area contributed by atoms with Crippen molar-refractivity contribution in [3.63, 3.8) is 0 Å². The maximum atomic E-state index is 11.8. The molecule has 0 aliphatic heterocycles. The number of nitrogens with zero attached hydrogens (tertiary/aromatic N) is 2. The molecule has 0 aliphatic carbocycles. The second-order valence-corrected chi connectivity index (χ2v) is 2.70. The van der Waals surface area contributed by atoms with Crippen LogP contribution in [0.15, 0.2) is 12.4 Å². The third kappa shape index (κ3) is 2.54. The van der Waals surface area contributed by atoms with Gasteiger partial charge in [0, 0.05) is 11.8 Å². The molecule has 6 heteroatoms. The Balaban J connectivity index is 2.96. The van der Waals surface area contributed by atoms with Gasteiger partial charge >= 0.3 is 6.61 Å². The van der Waals surface area contributed by atoms with E-state index >= 15 is 0 Å². The van der Waals surface area contributed by atoms with E-state index in [0.29, 0.717) is 5.56 Å². The number of ether oxygens (including phenoxy) is 1. The number of hydrogen-bond donors (Lipinski definition) is 0. The van der Waals surface area contributed by atoms with E-state index in [2.05, 4.69) is 9.72 Å². The second-order valence-electron chi connectivity index (χ2n) is 2.32. The molecule has 0 bridgehead atoms. The third-order valence-corrected chi connectivity index (χ3v) is 1.83. The summed E-state index contributed by atoms with van der Waals surface area (Å²) in [6.45, 7) is -2.95. The summed E-state index contributed by atoms with van der Waals surface area (Å²) in [5, 5.41) is 8.39. The normalized spacial score (nSPS) is 9.93. The molecular weight excluding hydrogens is 214 g/mol. The molecule has 0 N–H and O–H groups in total. The lowest BCUT2D eigenvalue weighted by Crippen LogP contribution is -2.03. The number of nitriles is 1. The quantitative estimate of drug-likeness (QED) is 0.783. The van der Waals surface area contributed by atoms with Crippen LogP contribution in [-0.2, 0) is 6.42 Å². The van der Waals surface area contributed by atoms with E-state index < -0.39 is 6.61 Å². The molecule has 0 atom stereocenters. The molecule has 1 rings (SSSR count). The average Bonchev–Trinajstić information content (AvgIpc) is 2.11. The number of alkyl halides is 2. The predicted molar refractivity (Wildman–Crippen MR) is 45.2 cm³/mol. The molecule has 0 fully saturated rings.